The Hall–Kier alpha value is -3.85. The number of rotatable bonds is 11. The Morgan fingerprint density at radius 3 is 2.52 bits per heavy atom. The molecule has 0 radical (unpaired) electrons. The maximum atomic E-state index is 13.5. The molecule has 0 saturated carbocycles. The summed E-state index contributed by atoms with van der Waals surface area (Å²) < 4.78 is 13.8. The summed E-state index contributed by atoms with van der Waals surface area (Å²) in [6.07, 6.45) is 2.76. The summed E-state index contributed by atoms with van der Waals surface area (Å²) in [7, 11) is 3.81. The first kappa shape index (κ1) is 29.1. The Kier molecular flexibility index (Phi) is 8.83. The molecule has 4 rings (SSSR count). The van der Waals surface area contributed by atoms with Crippen molar-refractivity contribution < 1.29 is 24.2 Å². The van der Waals surface area contributed by atoms with Gasteiger partial charge in [0.2, 0.25) is 0 Å². The Morgan fingerprint density at radius 2 is 1.88 bits per heavy atom. The molecule has 9 nitrogen and oxygen atoms in total. The number of benzene rings is 1. The number of imidazole rings is 1. The largest absolute Gasteiger partial charge is 0.505 e. The second-order valence-electron chi connectivity index (χ2n) is 10.9. The van der Waals surface area contributed by atoms with Crippen molar-refractivity contribution in [3.63, 3.8) is 0 Å². The maximum absolute atomic E-state index is 13.5. The van der Waals surface area contributed by atoms with Crippen molar-refractivity contribution >= 4 is 23.1 Å². The Labute approximate surface area is 236 Å². The number of hydrogen-bond donors (Lipinski definition) is 1. The Balaban J connectivity index is 1.86. The van der Waals surface area contributed by atoms with E-state index in [1.54, 1.807) is 6.07 Å². The third-order valence-corrected chi connectivity index (χ3v) is 7.17. The number of carbonyl (C=O) groups excluding carboxylic acids is 2. The summed E-state index contributed by atoms with van der Waals surface area (Å²) in [5.74, 6) is -0.0415. The minimum Gasteiger partial charge on any atom is -0.505 e. The lowest BCUT2D eigenvalue weighted by Crippen LogP contribution is -2.35. The van der Waals surface area contributed by atoms with Crippen molar-refractivity contribution in [1.82, 2.24) is 19.2 Å². The van der Waals surface area contributed by atoms with Crippen molar-refractivity contribution in [1.29, 1.82) is 0 Å². The van der Waals surface area contributed by atoms with E-state index in [4.69, 9.17) is 9.47 Å². The molecule has 1 aliphatic rings. The minimum absolute atomic E-state index is 0.0174. The standard InChI is InChI=1S/C31H40N4O5/c1-8-39-24-18-22(11-12-23(24)40-17-13-19(2)3)27-25(29(37)31(38)35(27)16-15-33(6)7)28(36)26-21(5)34-14-9-10-20(4)30(34)32-26/h9-12,14,18-19,27,36H,8,13,15-17H2,1-7H3/b28-25+. The molecule has 0 spiro atoms. The molecule has 9 heteroatoms. The molecule has 1 atom stereocenters. The fourth-order valence-electron chi connectivity index (χ4n) is 4.93. The predicted molar refractivity (Wildman–Crippen MR) is 155 cm³/mol. The van der Waals surface area contributed by atoms with Crippen LogP contribution in [0.1, 0.15) is 55.7 Å². The molecule has 2 aromatic heterocycles. The molecule has 1 amide bonds. The van der Waals surface area contributed by atoms with Gasteiger partial charge in [-0.05, 0) is 76.5 Å². The summed E-state index contributed by atoms with van der Waals surface area (Å²) in [5.41, 5.74) is 3.24. The fourth-order valence-corrected chi connectivity index (χ4v) is 4.93. The van der Waals surface area contributed by atoms with E-state index in [2.05, 4.69) is 18.8 Å². The lowest BCUT2D eigenvalue weighted by molar-refractivity contribution is -0.140. The van der Waals surface area contributed by atoms with Crippen LogP contribution in [0, 0.1) is 19.8 Å². The second-order valence-corrected chi connectivity index (χ2v) is 10.9. The van der Waals surface area contributed by atoms with Crippen LogP contribution in [0.25, 0.3) is 11.4 Å². The van der Waals surface area contributed by atoms with Crippen LogP contribution in [0.2, 0.25) is 0 Å². The molecule has 214 valence electrons. The van der Waals surface area contributed by atoms with E-state index in [1.165, 1.54) is 4.90 Å². The van der Waals surface area contributed by atoms with Crippen LogP contribution in [0.4, 0.5) is 0 Å². The van der Waals surface area contributed by atoms with Gasteiger partial charge in [0.1, 0.15) is 11.3 Å². The molecule has 3 aromatic rings. The van der Waals surface area contributed by atoms with Crippen LogP contribution in [0.5, 0.6) is 11.5 Å². The number of hydrogen-bond acceptors (Lipinski definition) is 7. The highest BCUT2D eigenvalue weighted by atomic mass is 16.5. The topological polar surface area (TPSA) is 96.6 Å². The van der Waals surface area contributed by atoms with Crippen molar-refractivity contribution in [2.75, 3.05) is 40.4 Å². The number of Topliss-reactive ketones (excluding diaryl/α,β-unsaturated/α-hetero) is 1. The van der Waals surface area contributed by atoms with Gasteiger partial charge in [0.25, 0.3) is 11.7 Å². The quantitative estimate of drug-likeness (QED) is 0.210. The molecular formula is C31H40N4O5. The molecule has 40 heavy (non-hydrogen) atoms. The van der Waals surface area contributed by atoms with E-state index in [9.17, 15) is 14.7 Å². The van der Waals surface area contributed by atoms with Crippen LogP contribution in [0.3, 0.4) is 0 Å². The van der Waals surface area contributed by atoms with Crippen LogP contribution in [0.15, 0.2) is 42.1 Å². The van der Waals surface area contributed by atoms with E-state index in [0.29, 0.717) is 60.6 Å². The normalized spacial score (nSPS) is 17.0. The molecule has 0 aliphatic carbocycles. The van der Waals surface area contributed by atoms with Gasteiger partial charge in [0, 0.05) is 19.3 Å². The maximum Gasteiger partial charge on any atom is 0.295 e. The van der Waals surface area contributed by atoms with Gasteiger partial charge in [-0.1, -0.05) is 26.0 Å². The van der Waals surface area contributed by atoms with Crippen molar-refractivity contribution in [2.24, 2.45) is 5.92 Å². The third kappa shape index (κ3) is 5.70. The van der Waals surface area contributed by atoms with Crippen molar-refractivity contribution in [3.8, 4) is 11.5 Å². The molecule has 3 heterocycles. The Bertz CT molecular complexity index is 1440. The number of pyridine rings is 1. The van der Waals surface area contributed by atoms with E-state index in [1.807, 2.05) is 74.6 Å². The Morgan fingerprint density at radius 1 is 1.12 bits per heavy atom. The SMILES string of the molecule is CCOc1cc(C2/C(=C(\O)c3nc4c(C)cccn4c3C)C(=O)C(=O)N2CCN(C)C)ccc1OCCC(C)C. The number of aliphatic hydroxyl groups excluding tert-OH is 1. The van der Waals surface area contributed by atoms with Gasteiger partial charge < -0.3 is 28.8 Å². The highest BCUT2D eigenvalue weighted by Crippen LogP contribution is 2.42. The smallest absolute Gasteiger partial charge is 0.295 e. The summed E-state index contributed by atoms with van der Waals surface area (Å²) in [4.78, 5) is 35.0. The predicted octanol–water partition coefficient (Wildman–Crippen LogP) is 4.76. The number of aliphatic hydroxyl groups is 1. The number of amides is 1. The number of ether oxygens (including phenoxy) is 2. The van der Waals surface area contributed by atoms with Crippen LogP contribution in [-0.2, 0) is 9.59 Å². The van der Waals surface area contributed by atoms with Gasteiger partial charge in [0.15, 0.2) is 17.3 Å². The van der Waals surface area contributed by atoms with Gasteiger partial charge in [-0.25, -0.2) is 4.98 Å². The summed E-state index contributed by atoms with van der Waals surface area (Å²) in [6.45, 7) is 11.8. The van der Waals surface area contributed by atoms with E-state index in [-0.39, 0.29) is 17.0 Å². The number of aromatic nitrogens is 2. The zero-order chi connectivity index (χ0) is 29.1. The molecule has 1 aliphatic heterocycles. The molecule has 1 fully saturated rings. The van der Waals surface area contributed by atoms with Crippen LogP contribution < -0.4 is 9.47 Å². The highest BCUT2D eigenvalue weighted by molar-refractivity contribution is 6.46. The van der Waals surface area contributed by atoms with E-state index >= 15 is 0 Å². The molecule has 1 saturated heterocycles. The average molecular weight is 549 g/mol. The van der Waals surface area contributed by atoms with Gasteiger partial charge in [-0.15, -0.1) is 0 Å². The first-order chi connectivity index (χ1) is 19.0. The number of likely N-dealkylation sites (N-methyl/N-ethyl adjacent to an activating group) is 1. The lowest BCUT2D eigenvalue weighted by Gasteiger charge is -2.27. The zero-order valence-corrected chi connectivity index (χ0v) is 24.5. The van der Waals surface area contributed by atoms with E-state index in [0.717, 1.165) is 12.0 Å². The molecular weight excluding hydrogens is 508 g/mol. The summed E-state index contributed by atoms with van der Waals surface area (Å²) in [6, 6.07) is 8.48. The summed E-state index contributed by atoms with van der Waals surface area (Å²) in [5, 5.41) is 11.6. The number of aryl methyl sites for hydroxylation is 2. The molecule has 1 unspecified atom stereocenters. The number of carbonyl (C=O) groups is 2. The number of fused-ring (bicyclic) bond motifs is 1. The van der Waals surface area contributed by atoms with Gasteiger partial charge >= 0.3 is 0 Å². The molecule has 1 aromatic carbocycles. The number of ketones is 1. The van der Waals surface area contributed by atoms with Gasteiger partial charge in [0.05, 0.1) is 30.5 Å². The van der Waals surface area contributed by atoms with Crippen molar-refractivity contribution in [3.05, 3.63) is 64.6 Å². The first-order valence-electron chi connectivity index (χ1n) is 13.8. The van der Waals surface area contributed by atoms with Crippen LogP contribution in [-0.4, -0.2) is 76.4 Å². The van der Waals surface area contributed by atoms with Gasteiger partial charge in [-0.2, -0.15) is 0 Å². The number of likely N-dealkylation sites (tertiary alicyclic amines) is 1. The zero-order valence-electron chi connectivity index (χ0n) is 24.5. The summed E-state index contributed by atoms with van der Waals surface area (Å²) >= 11 is 0. The van der Waals surface area contributed by atoms with Crippen LogP contribution >= 0.6 is 0 Å². The first-order valence-corrected chi connectivity index (χ1v) is 13.8. The fraction of sp³-hybridized carbons (Fsp3) is 0.452. The lowest BCUT2D eigenvalue weighted by atomic mass is 9.96. The van der Waals surface area contributed by atoms with Crippen molar-refractivity contribution in [2.45, 2.75) is 47.1 Å². The minimum atomic E-state index is -0.811. The second kappa shape index (κ2) is 12.1. The third-order valence-electron chi connectivity index (χ3n) is 7.17. The van der Waals surface area contributed by atoms with Gasteiger partial charge in [-0.3, -0.25) is 9.59 Å². The molecule has 0 bridgehead atoms. The number of nitrogens with zero attached hydrogens (tertiary/aromatic N) is 4. The monoisotopic (exact) mass is 548 g/mol. The highest BCUT2D eigenvalue weighted by Gasteiger charge is 2.46. The molecule has 1 N–H and O–H groups in total. The average Bonchev–Trinajstić information content (AvgIpc) is 3.37. The van der Waals surface area contributed by atoms with E-state index < -0.39 is 17.7 Å².